The van der Waals surface area contributed by atoms with Crippen molar-refractivity contribution in [1.82, 2.24) is 10.2 Å². The molecule has 0 atom stereocenters. The van der Waals surface area contributed by atoms with E-state index in [1.807, 2.05) is 26.8 Å². The normalized spacial score (nSPS) is 14.8. The Labute approximate surface area is 155 Å². The van der Waals surface area contributed by atoms with Crippen LogP contribution in [0, 0.1) is 5.41 Å². The van der Waals surface area contributed by atoms with Crippen LogP contribution in [0.15, 0.2) is 36.4 Å². The summed E-state index contributed by atoms with van der Waals surface area (Å²) in [6.45, 7) is 7.86. The summed E-state index contributed by atoms with van der Waals surface area (Å²) in [5, 5.41) is 14.2. The van der Waals surface area contributed by atoms with E-state index in [0.717, 1.165) is 18.8 Å². The van der Waals surface area contributed by atoms with E-state index in [-0.39, 0.29) is 5.91 Å². The van der Waals surface area contributed by atoms with E-state index in [1.165, 1.54) is 24.9 Å². The number of carbonyl (C=O) groups excluding carboxylic acids is 1. The summed E-state index contributed by atoms with van der Waals surface area (Å²) < 4.78 is 0. The maximum absolute atomic E-state index is 12.0. The molecular weight excluding hydrogens is 326 g/mol. The van der Waals surface area contributed by atoms with Crippen molar-refractivity contribution in [3.05, 3.63) is 36.4 Å². The minimum absolute atomic E-state index is 0.0826. The number of anilines is 4. The van der Waals surface area contributed by atoms with E-state index >= 15 is 0 Å². The number of nitrogens with one attached hydrogen (secondary N) is 2. The molecule has 2 heterocycles. The number of nitrogens with zero attached hydrogens (tertiary/aromatic N) is 3. The van der Waals surface area contributed by atoms with Gasteiger partial charge < -0.3 is 15.5 Å². The van der Waals surface area contributed by atoms with Crippen LogP contribution in [0.3, 0.4) is 0 Å². The van der Waals surface area contributed by atoms with Gasteiger partial charge in [-0.1, -0.05) is 20.8 Å². The Morgan fingerprint density at radius 1 is 0.923 bits per heavy atom. The van der Waals surface area contributed by atoms with Crippen LogP contribution in [-0.4, -0.2) is 29.2 Å². The third-order valence-corrected chi connectivity index (χ3v) is 4.45. The molecule has 0 aliphatic carbocycles. The van der Waals surface area contributed by atoms with Gasteiger partial charge in [0.15, 0.2) is 11.6 Å². The van der Waals surface area contributed by atoms with Crippen molar-refractivity contribution >= 4 is 28.9 Å². The summed E-state index contributed by atoms with van der Waals surface area (Å²) in [5.74, 6) is 1.02. The van der Waals surface area contributed by atoms with Crippen LogP contribution in [0.5, 0.6) is 0 Å². The van der Waals surface area contributed by atoms with Crippen molar-refractivity contribution in [1.29, 1.82) is 0 Å². The Morgan fingerprint density at radius 2 is 1.54 bits per heavy atom. The van der Waals surface area contributed by atoms with Crippen molar-refractivity contribution in [3.8, 4) is 0 Å². The lowest BCUT2D eigenvalue weighted by molar-refractivity contribution is -0.123. The number of carbonyl (C=O) groups is 1. The molecule has 0 radical (unpaired) electrons. The molecule has 2 N–H and O–H groups in total. The van der Waals surface area contributed by atoms with Crippen LogP contribution in [0.25, 0.3) is 0 Å². The third-order valence-electron chi connectivity index (χ3n) is 4.45. The number of hydrogen-bond acceptors (Lipinski definition) is 5. The van der Waals surface area contributed by atoms with Crippen molar-refractivity contribution < 1.29 is 4.79 Å². The van der Waals surface area contributed by atoms with E-state index in [0.29, 0.717) is 11.6 Å². The van der Waals surface area contributed by atoms with Gasteiger partial charge in [-0.3, -0.25) is 4.79 Å². The molecule has 2 aromatic rings. The highest BCUT2D eigenvalue weighted by molar-refractivity contribution is 5.93. The molecular formula is C20H27N5O. The molecule has 1 aromatic heterocycles. The number of aromatic nitrogens is 2. The molecule has 26 heavy (non-hydrogen) atoms. The Hall–Kier alpha value is -2.63. The van der Waals surface area contributed by atoms with Gasteiger partial charge in [0, 0.05) is 29.9 Å². The predicted octanol–water partition coefficient (Wildman–Crippen LogP) is 4.20. The Kier molecular flexibility index (Phi) is 5.40. The first-order chi connectivity index (χ1) is 12.4. The summed E-state index contributed by atoms with van der Waals surface area (Å²) in [7, 11) is 0. The molecule has 0 saturated carbocycles. The first-order valence-electron chi connectivity index (χ1n) is 9.19. The summed E-state index contributed by atoms with van der Waals surface area (Å²) in [5.41, 5.74) is 1.77. The lowest BCUT2D eigenvalue weighted by atomic mass is 9.96. The first kappa shape index (κ1) is 18.2. The van der Waals surface area contributed by atoms with Gasteiger partial charge in [0.1, 0.15) is 0 Å². The van der Waals surface area contributed by atoms with E-state index in [4.69, 9.17) is 0 Å². The minimum Gasteiger partial charge on any atom is -0.372 e. The summed E-state index contributed by atoms with van der Waals surface area (Å²) in [6, 6.07) is 11.9. The molecule has 0 unspecified atom stereocenters. The van der Waals surface area contributed by atoms with Crippen molar-refractivity contribution in [2.45, 2.75) is 40.0 Å². The first-order valence-corrected chi connectivity index (χ1v) is 9.19. The molecule has 138 valence electrons. The van der Waals surface area contributed by atoms with Gasteiger partial charge in [0.25, 0.3) is 0 Å². The molecule has 0 bridgehead atoms. The maximum Gasteiger partial charge on any atom is 0.230 e. The van der Waals surface area contributed by atoms with Crippen LogP contribution < -0.4 is 15.5 Å². The van der Waals surface area contributed by atoms with Crippen LogP contribution in [0.1, 0.15) is 40.0 Å². The second-order valence-corrected chi connectivity index (χ2v) is 7.73. The smallest absolute Gasteiger partial charge is 0.230 e. The molecule has 1 saturated heterocycles. The highest BCUT2D eigenvalue weighted by Crippen LogP contribution is 2.23. The van der Waals surface area contributed by atoms with Gasteiger partial charge in [-0.05, 0) is 55.7 Å². The third kappa shape index (κ3) is 4.71. The van der Waals surface area contributed by atoms with Gasteiger partial charge in [0.2, 0.25) is 5.91 Å². The van der Waals surface area contributed by atoms with Crippen molar-refractivity contribution in [2.75, 3.05) is 28.6 Å². The predicted molar refractivity (Wildman–Crippen MR) is 106 cm³/mol. The molecule has 1 aromatic carbocycles. The van der Waals surface area contributed by atoms with Crippen LogP contribution in [-0.2, 0) is 4.79 Å². The Bertz CT molecular complexity index is 728. The SMILES string of the molecule is CC(C)(C)C(=O)Nc1ccc(Nc2ccc(N3CCCCC3)cc2)nn1. The van der Waals surface area contributed by atoms with Crippen molar-refractivity contribution in [3.63, 3.8) is 0 Å². The fourth-order valence-electron chi connectivity index (χ4n) is 2.82. The number of amides is 1. The van der Waals surface area contributed by atoms with Gasteiger partial charge >= 0.3 is 0 Å². The largest absolute Gasteiger partial charge is 0.372 e. The fourth-order valence-corrected chi connectivity index (χ4v) is 2.82. The fraction of sp³-hybridized carbons (Fsp3) is 0.450. The molecule has 1 aliphatic heterocycles. The molecule has 1 aliphatic rings. The highest BCUT2D eigenvalue weighted by atomic mass is 16.2. The molecule has 3 rings (SSSR count). The zero-order valence-electron chi connectivity index (χ0n) is 15.7. The Morgan fingerprint density at radius 3 is 2.12 bits per heavy atom. The standard InChI is InChI=1S/C20H27N5O/c1-20(2,3)19(26)22-18-12-11-17(23-24-18)21-15-7-9-16(10-8-15)25-13-5-4-6-14-25/h7-12H,4-6,13-14H2,1-3H3,(H,21,23)(H,22,24,26). The molecule has 6 heteroatoms. The average Bonchev–Trinajstić information content (AvgIpc) is 2.64. The lowest BCUT2D eigenvalue weighted by Gasteiger charge is -2.28. The number of hydrogen-bond donors (Lipinski definition) is 2. The van der Waals surface area contributed by atoms with E-state index < -0.39 is 5.41 Å². The van der Waals surface area contributed by atoms with Crippen LogP contribution in [0.4, 0.5) is 23.0 Å². The lowest BCUT2D eigenvalue weighted by Crippen LogP contribution is -2.29. The molecule has 1 fully saturated rings. The quantitative estimate of drug-likeness (QED) is 0.862. The van der Waals surface area contributed by atoms with Gasteiger partial charge in [0.05, 0.1) is 0 Å². The summed E-state index contributed by atoms with van der Waals surface area (Å²) in [6.07, 6.45) is 3.88. The molecule has 6 nitrogen and oxygen atoms in total. The van der Waals surface area contributed by atoms with E-state index in [2.05, 4.69) is 50.0 Å². The van der Waals surface area contributed by atoms with Gasteiger partial charge in [-0.15, -0.1) is 10.2 Å². The topological polar surface area (TPSA) is 70.2 Å². The highest BCUT2D eigenvalue weighted by Gasteiger charge is 2.21. The van der Waals surface area contributed by atoms with Crippen LogP contribution in [0.2, 0.25) is 0 Å². The summed E-state index contributed by atoms with van der Waals surface area (Å²) >= 11 is 0. The number of rotatable bonds is 4. The van der Waals surface area contributed by atoms with Gasteiger partial charge in [-0.2, -0.15) is 0 Å². The number of benzene rings is 1. The number of piperidine rings is 1. The monoisotopic (exact) mass is 353 g/mol. The second kappa shape index (κ2) is 7.72. The Balaban J connectivity index is 1.59. The minimum atomic E-state index is -0.464. The second-order valence-electron chi connectivity index (χ2n) is 7.73. The average molecular weight is 353 g/mol. The van der Waals surface area contributed by atoms with Gasteiger partial charge in [-0.25, -0.2) is 0 Å². The maximum atomic E-state index is 12.0. The zero-order chi connectivity index (χ0) is 18.6. The van der Waals surface area contributed by atoms with Crippen molar-refractivity contribution in [2.24, 2.45) is 5.41 Å². The molecule has 0 spiro atoms. The van der Waals surface area contributed by atoms with E-state index in [1.54, 1.807) is 6.07 Å². The van der Waals surface area contributed by atoms with E-state index in [9.17, 15) is 4.79 Å². The summed E-state index contributed by atoms with van der Waals surface area (Å²) in [4.78, 5) is 14.4. The van der Waals surface area contributed by atoms with Crippen LogP contribution >= 0.6 is 0 Å². The zero-order valence-corrected chi connectivity index (χ0v) is 15.7. The molecule has 1 amide bonds.